The molecular weight excluding hydrogens is 412 g/mol. The van der Waals surface area contributed by atoms with Gasteiger partial charge in [-0.15, -0.1) is 0 Å². The number of aliphatic hydroxyl groups is 2. The molecule has 5 aliphatic carbocycles. The molecule has 5 rings (SSSR count). The Morgan fingerprint density at radius 3 is 2.33 bits per heavy atom. The van der Waals surface area contributed by atoms with Gasteiger partial charge in [-0.3, -0.25) is 4.79 Å². The zero-order valence-electron chi connectivity index (χ0n) is 21.5. The average Bonchev–Trinajstić information content (AvgIpc) is 2.75. The summed E-state index contributed by atoms with van der Waals surface area (Å²) in [6, 6.07) is 0. The molecule has 0 aliphatic heterocycles. The molecule has 0 saturated heterocycles. The van der Waals surface area contributed by atoms with E-state index in [0.29, 0.717) is 17.8 Å². The summed E-state index contributed by atoms with van der Waals surface area (Å²) in [6.45, 7) is 11.7. The number of carboxylic acids is 1. The summed E-state index contributed by atoms with van der Waals surface area (Å²) in [7, 11) is 0. The molecule has 33 heavy (non-hydrogen) atoms. The van der Waals surface area contributed by atoms with E-state index in [4.69, 9.17) is 0 Å². The van der Waals surface area contributed by atoms with Gasteiger partial charge in [-0.05, 0) is 104 Å². The first-order chi connectivity index (χ1) is 15.3. The number of hydrogen-bond acceptors (Lipinski definition) is 3. The molecule has 186 valence electrons. The van der Waals surface area contributed by atoms with Crippen LogP contribution in [0.25, 0.3) is 0 Å². The van der Waals surface area contributed by atoms with Gasteiger partial charge in [0.25, 0.3) is 0 Å². The quantitative estimate of drug-likeness (QED) is 0.456. The van der Waals surface area contributed by atoms with Crippen LogP contribution in [0.1, 0.15) is 98.8 Å². The molecule has 0 bridgehead atoms. The Morgan fingerprint density at radius 2 is 1.67 bits per heavy atom. The van der Waals surface area contributed by atoms with Crippen molar-refractivity contribution < 1.29 is 20.1 Å². The van der Waals surface area contributed by atoms with E-state index in [2.05, 4.69) is 40.7 Å². The first-order valence-corrected chi connectivity index (χ1v) is 13.6. The molecule has 0 aromatic rings. The molecular formula is C29H46O4. The van der Waals surface area contributed by atoms with E-state index in [9.17, 15) is 20.1 Å². The normalized spacial score (nSPS) is 53.1. The largest absolute Gasteiger partial charge is 0.481 e. The number of hydrogen-bond donors (Lipinski definition) is 3. The van der Waals surface area contributed by atoms with Gasteiger partial charge in [0, 0.05) is 5.41 Å². The fraction of sp³-hybridized carbons (Fsp3) is 0.897. The van der Waals surface area contributed by atoms with E-state index in [0.717, 1.165) is 64.2 Å². The Morgan fingerprint density at radius 1 is 0.970 bits per heavy atom. The van der Waals surface area contributed by atoms with E-state index in [1.165, 1.54) is 5.57 Å². The van der Waals surface area contributed by atoms with Crippen molar-refractivity contribution in [3.8, 4) is 0 Å². The number of carboxylic acid groups (broad SMARTS) is 1. The summed E-state index contributed by atoms with van der Waals surface area (Å²) in [6.07, 6.45) is 11.7. The summed E-state index contributed by atoms with van der Waals surface area (Å²) >= 11 is 0. The Hall–Kier alpha value is -0.870. The van der Waals surface area contributed by atoms with E-state index >= 15 is 0 Å². The van der Waals surface area contributed by atoms with Crippen molar-refractivity contribution in [3.05, 3.63) is 11.6 Å². The highest BCUT2D eigenvalue weighted by Gasteiger charge is 2.65. The monoisotopic (exact) mass is 458 g/mol. The number of carbonyl (C=O) groups is 1. The minimum Gasteiger partial charge on any atom is -0.481 e. The number of fused-ring (bicyclic) bond motifs is 7. The smallest absolute Gasteiger partial charge is 0.310 e. The molecule has 0 amide bonds. The molecule has 0 aromatic carbocycles. The second kappa shape index (κ2) is 7.32. The third kappa shape index (κ3) is 3.05. The Kier molecular flexibility index (Phi) is 5.29. The van der Waals surface area contributed by atoms with E-state index in [-0.39, 0.29) is 28.8 Å². The maximum absolute atomic E-state index is 12.7. The highest BCUT2D eigenvalue weighted by atomic mass is 16.4. The molecule has 0 unspecified atom stereocenters. The molecule has 4 heteroatoms. The molecule has 0 spiro atoms. The minimum atomic E-state index is -0.570. The summed E-state index contributed by atoms with van der Waals surface area (Å²) in [5.41, 5.74) is 0.900. The van der Waals surface area contributed by atoms with Crippen LogP contribution in [0, 0.1) is 50.7 Å². The van der Waals surface area contributed by atoms with Crippen molar-refractivity contribution in [1.29, 1.82) is 0 Å². The molecule has 4 fully saturated rings. The number of aliphatic hydroxyl groups excluding tert-OH is 2. The zero-order chi connectivity index (χ0) is 24.0. The summed E-state index contributed by atoms with van der Waals surface area (Å²) in [5, 5.41) is 31.6. The molecule has 0 aromatic heterocycles. The van der Waals surface area contributed by atoms with Crippen molar-refractivity contribution in [2.45, 2.75) is 105 Å². The minimum absolute atomic E-state index is 0.0580. The lowest BCUT2D eigenvalue weighted by Gasteiger charge is -2.67. The molecule has 5 aliphatic rings. The predicted molar refractivity (Wildman–Crippen MR) is 129 cm³/mol. The van der Waals surface area contributed by atoms with Gasteiger partial charge in [-0.2, -0.15) is 0 Å². The van der Waals surface area contributed by atoms with Gasteiger partial charge in [0.1, 0.15) is 0 Å². The number of aliphatic carboxylic acids is 1. The molecule has 4 saturated carbocycles. The zero-order valence-corrected chi connectivity index (χ0v) is 21.5. The standard InChI is InChI=1S/C29H46O4/c1-25(2)12-14-29(24(32)33)15-13-26(3)18-8-9-22-27(4,11-10-23(31)28(22,5)17-30)19(18)6-7-20(26)21(29)16-25/h7,18-19,21-23,30-31H,6,8-17H2,1-5H3,(H,32,33)/t18-,19-,21+,22-,23-,26-,27+,28+,29-/m0/s1. The van der Waals surface area contributed by atoms with Crippen molar-refractivity contribution in [2.24, 2.45) is 50.7 Å². The Bertz CT molecular complexity index is 862. The maximum atomic E-state index is 12.7. The third-order valence-corrected chi connectivity index (χ3v) is 12.4. The molecule has 9 atom stereocenters. The second-order valence-corrected chi connectivity index (χ2v) is 14.3. The fourth-order valence-electron chi connectivity index (χ4n) is 10.2. The van der Waals surface area contributed by atoms with Crippen LogP contribution in [-0.2, 0) is 4.79 Å². The van der Waals surface area contributed by atoms with Gasteiger partial charge >= 0.3 is 5.97 Å². The van der Waals surface area contributed by atoms with Gasteiger partial charge in [0.2, 0.25) is 0 Å². The first-order valence-electron chi connectivity index (χ1n) is 13.6. The lowest BCUT2D eigenvalue weighted by molar-refractivity contribution is -0.190. The van der Waals surface area contributed by atoms with Gasteiger partial charge in [-0.1, -0.05) is 46.3 Å². The predicted octanol–water partition coefficient (Wildman–Crippen LogP) is 5.82. The molecule has 0 heterocycles. The highest BCUT2D eigenvalue weighted by molar-refractivity contribution is 5.76. The number of allylic oxidation sites excluding steroid dienone is 2. The van der Waals surface area contributed by atoms with E-state index in [1.807, 2.05) is 0 Å². The lowest BCUT2D eigenvalue weighted by atomic mass is 9.38. The van der Waals surface area contributed by atoms with Gasteiger partial charge in [0.15, 0.2) is 0 Å². The average molecular weight is 459 g/mol. The topological polar surface area (TPSA) is 77.8 Å². The van der Waals surface area contributed by atoms with Crippen LogP contribution in [0.3, 0.4) is 0 Å². The molecule has 4 nitrogen and oxygen atoms in total. The van der Waals surface area contributed by atoms with Crippen molar-refractivity contribution >= 4 is 5.97 Å². The van der Waals surface area contributed by atoms with Crippen molar-refractivity contribution in [2.75, 3.05) is 6.61 Å². The van der Waals surface area contributed by atoms with Crippen molar-refractivity contribution in [3.63, 3.8) is 0 Å². The second-order valence-electron chi connectivity index (χ2n) is 14.3. The highest BCUT2D eigenvalue weighted by Crippen LogP contribution is 2.71. The number of rotatable bonds is 2. The van der Waals surface area contributed by atoms with E-state index in [1.54, 1.807) is 0 Å². The third-order valence-electron chi connectivity index (χ3n) is 12.4. The van der Waals surface area contributed by atoms with Crippen LogP contribution in [0.5, 0.6) is 0 Å². The Balaban J connectivity index is 1.55. The SMILES string of the molecule is CC1(C)CC[C@]2(C(=O)O)CC[C@]3(C)C(=CC[C@H]4[C@@H]3CC[C@H]3[C@]4(C)CC[C@H](O)[C@]3(C)CO)[C@H]2C1. The van der Waals surface area contributed by atoms with Gasteiger partial charge < -0.3 is 15.3 Å². The van der Waals surface area contributed by atoms with Crippen LogP contribution in [0.4, 0.5) is 0 Å². The van der Waals surface area contributed by atoms with Gasteiger partial charge in [0.05, 0.1) is 18.1 Å². The summed E-state index contributed by atoms with van der Waals surface area (Å²) < 4.78 is 0. The Labute approximate surface area is 200 Å². The first kappa shape index (κ1) is 23.9. The van der Waals surface area contributed by atoms with E-state index < -0.39 is 22.9 Å². The van der Waals surface area contributed by atoms with Crippen LogP contribution >= 0.6 is 0 Å². The van der Waals surface area contributed by atoms with Crippen LogP contribution < -0.4 is 0 Å². The van der Waals surface area contributed by atoms with Crippen LogP contribution in [0.15, 0.2) is 11.6 Å². The summed E-state index contributed by atoms with van der Waals surface area (Å²) in [4.78, 5) is 12.7. The van der Waals surface area contributed by atoms with Crippen LogP contribution in [0.2, 0.25) is 0 Å². The van der Waals surface area contributed by atoms with Crippen LogP contribution in [-0.4, -0.2) is 34.0 Å². The molecule has 3 N–H and O–H groups in total. The lowest BCUT2D eigenvalue weighted by Crippen LogP contribution is -2.62. The maximum Gasteiger partial charge on any atom is 0.310 e. The van der Waals surface area contributed by atoms with Crippen molar-refractivity contribution in [1.82, 2.24) is 0 Å². The summed E-state index contributed by atoms with van der Waals surface area (Å²) in [5.74, 6) is 1.07. The van der Waals surface area contributed by atoms with Gasteiger partial charge in [-0.25, -0.2) is 0 Å². The fourth-order valence-corrected chi connectivity index (χ4v) is 10.2. The molecule has 0 radical (unpaired) electrons.